The van der Waals surface area contributed by atoms with Crippen LogP contribution in [0.2, 0.25) is 10.0 Å². The number of halogens is 2. The van der Waals surface area contributed by atoms with E-state index in [2.05, 4.69) is 0 Å². The third-order valence-corrected chi connectivity index (χ3v) is 3.40. The maximum absolute atomic E-state index is 12.1. The number of ketones is 1. The summed E-state index contributed by atoms with van der Waals surface area (Å²) < 4.78 is 0. The summed E-state index contributed by atoms with van der Waals surface area (Å²) in [5, 5.41) is 10.0. The van der Waals surface area contributed by atoms with Gasteiger partial charge >= 0.3 is 5.97 Å². The third kappa shape index (κ3) is 4.31. The van der Waals surface area contributed by atoms with Gasteiger partial charge in [0.05, 0.1) is 5.56 Å². The number of carboxylic acid groups (broad SMARTS) is 1. The first-order valence-electron chi connectivity index (χ1n) is 6.23. The summed E-state index contributed by atoms with van der Waals surface area (Å²) in [6.45, 7) is 0. The van der Waals surface area contributed by atoms with Crippen LogP contribution in [-0.2, 0) is 17.6 Å². The smallest absolute Gasteiger partial charge is 0.335 e. The summed E-state index contributed by atoms with van der Waals surface area (Å²) in [5.41, 5.74) is 1.36. The average Bonchev–Trinajstić information content (AvgIpc) is 2.37. The van der Waals surface area contributed by atoms with Gasteiger partial charge in [0.25, 0.3) is 0 Å². The molecule has 0 fully saturated rings. The molecule has 0 aliphatic carbocycles. The van der Waals surface area contributed by atoms with E-state index < -0.39 is 5.97 Å². The number of Topliss-reactive ketones (excluding diaryl/α,β-unsaturated/α-hetero) is 1. The largest absolute Gasteiger partial charge is 0.478 e. The monoisotopic (exact) mass is 322 g/mol. The van der Waals surface area contributed by atoms with Gasteiger partial charge in [0.1, 0.15) is 5.78 Å². The zero-order valence-electron chi connectivity index (χ0n) is 11.0. The molecule has 0 aliphatic heterocycles. The van der Waals surface area contributed by atoms with Crippen LogP contribution in [0.15, 0.2) is 42.5 Å². The molecule has 2 aromatic rings. The number of carboxylic acids is 1. The van der Waals surface area contributed by atoms with Gasteiger partial charge in [-0.25, -0.2) is 4.79 Å². The molecule has 0 radical (unpaired) electrons. The summed E-state index contributed by atoms with van der Waals surface area (Å²) in [4.78, 5) is 23.2. The Morgan fingerprint density at radius 1 is 0.952 bits per heavy atom. The molecule has 0 aliphatic rings. The second kappa shape index (κ2) is 6.74. The van der Waals surface area contributed by atoms with Gasteiger partial charge in [-0.2, -0.15) is 0 Å². The zero-order valence-corrected chi connectivity index (χ0v) is 12.5. The van der Waals surface area contributed by atoms with Crippen LogP contribution < -0.4 is 0 Å². The van der Waals surface area contributed by atoms with Crippen molar-refractivity contribution in [3.63, 3.8) is 0 Å². The lowest BCUT2D eigenvalue weighted by atomic mass is 9.99. The Morgan fingerprint density at radius 3 is 2.19 bits per heavy atom. The van der Waals surface area contributed by atoms with Crippen molar-refractivity contribution in [2.45, 2.75) is 12.8 Å². The number of aromatic carboxylic acids is 1. The van der Waals surface area contributed by atoms with Crippen molar-refractivity contribution in [1.82, 2.24) is 0 Å². The van der Waals surface area contributed by atoms with Crippen LogP contribution >= 0.6 is 23.2 Å². The number of rotatable bonds is 5. The lowest BCUT2D eigenvalue weighted by molar-refractivity contribution is -0.117. The van der Waals surface area contributed by atoms with Gasteiger partial charge in [0, 0.05) is 22.9 Å². The molecule has 0 atom stereocenters. The molecule has 0 spiro atoms. The Hall–Kier alpha value is -1.84. The van der Waals surface area contributed by atoms with Crippen LogP contribution in [0.1, 0.15) is 21.5 Å². The minimum Gasteiger partial charge on any atom is -0.478 e. The van der Waals surface area contributed by atoms with Gasteiger partial charge < -0.3 is 5.11 Å². The fraction of sp³-hybridized carbons (Fsp3) is 0.125. The van der Waals surface area contributed by atoms with Crippen molar-refractivity contribution < 1.29 is 14.7 Å². The van der Waals surface area contributed by atoms with Gasteiger partial charge in [-0.05, 0) is 35.4 Å². The normalized spacial score (nSPS) is 10.4. The van der Waals surface area contributed by atoms with Crippen molar-refractivity contribution in [3.8, 4) is 0 Å². The van der Waals surface area contributed by atoms with E-state index in [0.717, 1.165) is 0 Å². The number of hydrogen-bond acceptors (Lipinski definition) is 2. The molecule has 0 aromatic heterocycles. The molecule has 0 amide bonds. The molecule has 2 rings (SSSR count). The second-order valence-electron chi connectivity index (χ2n) is 4.63. The quantitative estimate of drug-likeness (QED) is 0.903. The number of hydrogen-bond donors (Lipinski definition) is 1. The molecule has 0 saturated heterocycles. The first-order chi connectivity index (χ1) is 9.95. The van der Waals surface area contributed by atoms with Crippen molar-refractivity contribution in [3.05, 3.63) is 69.2 Å². The summed E-state index contributed by atoms with van der Waals surface area (Å²) in [7, 11) is 0. The Bertz CT molecular complexity index is 675. The molecule has 3 nitrogen and oxygen atoms in total. The van der Waals surface area contributed by atoms with Crippen LogP contribution in [0.25, 0.3) is 0 Å². The van der Waals surface area contributed by atoms with Crippen molar-refractivity contribution in [2.24, 2.45) is 0 Å². The molecular formula is C16H12Cl2O3. The van der Waals surface area contributed by atoms with E-state index in [4.69, 9.17) is 28.3 Å². The van der Waals surface area contributed by atoms with Crippen molar-refractivity contribution in [1.29, 1.82) is 0 Å². The molecule has 0 saturated carbocycles. The van der Waals surface area contributed by atoms with Gasteiger partial charge in [-0.3, -0.25) is 4.79 Å². The van der Waals surface area contributed by atoms with Crippen LogP contribution in [0.5, 0.6) is 0 Å². The van der Waals surface area contributed by atoms with Crippen molar-refractivity contribution >= 4 is 35.0 Å². The molecule has 108 valence electrons. The lowest BCUT2D eigenvalue weighted by Crippen LogP contribution is -2.10. The van der Waals surface area contributed by atoms with Crippen LogP contribution in [0.3, 0.4) is 0 Å². The Kier molecular flexibility index (Phi) is 4.99. The highest BCUT2D eigenvalue weighted by Gasteiger charge is 2.13. The molecule has 2 aromatic carbocycles. The third-order valence-electron chi connectivity index (χ3n) is 2.96. The van der Waals surface area contributed by atoms with E-state index in [1.807, 2.05) is 0 Å². The summed E-state index contributed by atoms with van der Waals surface area (Å²) >= 11 is 11.8. The highest BCUT2D eigenvalue weighted by molar-refractivity contribution is 6.34. The standard InChI is InChI=1S/C16H12Cl2O3/c17-12-5-10(6-13(18)9-12)7-14(19)8-11-3-1-2-4-15(11)16(20)21/h1-6,9H,7-8H2,(H,20,21). The lowest BCUT2D eigenvalue weighted by Gasteiger charge is -2.06. The zero-order chi connectivity index (χ0) is 15.4. The average molecular weight is 323 g/mol. The fourth-order valence-electron chi connectivity index (χ4n) is 2.10. The Morgan fingerprint density at radius 2 is 1.57 bits per heavy atom. The molecule has 0 bridgehead atoms. The van der Waals surface area contributed by atoms with Crippen molar-refractivity contribution in [2.75, 3.05) is 0 Å². The van der Waals surface area contributed by atoms with E-state index in [1.54, 1.807) is 36.4 Å². The minimum atomic E-state index is -1.04. The summed E-state index contributed by atoms with van der Waals surface area (Å²) in [6, 6.07) is 11.4. The SMILES string of the molecule is O=C(Cc1cc(Cl)cc(Cl)c1)Cc1ccccc1C(=O)O. The van der Waals surface area contributed by atoms with Crippen LogP contribution in [-0.4, -0.2) is 16.9 Å². The number of benzene rings is 2. The molecular weight excluding hydrogens is 311 g/mol. The topological polar surface area (TPSA) is 54.4 Å². The van der Waals surface area contributed by atoms with E-state index in [-0.39, 0.29) is 24.2 Å². The summed E-state index contributed by atoms with van der Waals surface area (Å²) in [5.74, 6) is -1.13. The van der Waals surface area contributed by atoms with Gasteiger partial charge in [0.2, 0.25) is 0 Å². The first-order valence-corrected chi connectivity index (χ1v) is 6.99. The summed E-state index contributed by atoms with van der Waals surface area (Å²) in [6.07, 6.45) is 0.223. The van der Waals surface area contributed by atoms with E-state index in [9.17, 15) is 9.59 Å². The number of carbonyl (C=O) groups is 2. The molecule has 0 heterocycles. The predicted octanol–water partition coefficient (Wildman–Crippen LogP) is 4.05. The molecule has 1 N–H and O–H groups in total. The maximum Gasteiger partial charge on any atom is 0.335 e. The van der Waals surface area contributed by atoms with E-state index in [0.29, 0.717) is 21.2 Å². The maximum atomic E-state index is 12.1. The number of carbonyl (C=O) groups excluding carboxylic acids is 1. The van der Waals surface area contributed by atoms with Gasteiger partial charge in [0.15, 0.2) is 0 Å². The Labute approximate surface area is 132 Å². The van der Waals surface area contributed by atoms with E-state index in [1.165, 1.54) is 6.07 Å². The minimum absolute atomic E-state index is 0.0621. The molecule has 21 heavy (non-hydrogen) atoms. The fourth-order valence-corrected chi connectivity index (χ4v) is 2.67. The first kappa shape index (κ1) is 15.5. The van der Waals surface area contributed by atoms with Gasteiger partial charge in [-0.1, -0.05) is 41.4 Å². The highest BCUT2D eigenvalue weighted by atomic mass is 35.5. The highest BCUT2D eigenvalue weighted by Crippen LogP contribution is 2.20. The van der Waals surface area contributed by atoms with Crippen LogP contribution in [0.4, 0.5) is 0 Å². The van der Waals surface area contributed by atoms with Gasteiger partial charge in [-0.15, -0.1) is 0 Å². The second-order valence-corrected chi connectivity index (χ2v) is 5.51. The Balaban J connectivity index is 2.14. The van der Waals surface area contributed by atoms with E-state index >= 15 is 0 Å². The van der Waals surface area contributed by atoms with Crippen LogP contribution in [0, 0.1) is 0 Å². The molecule has 0 unspecified atom stereocenters. The molecule has 5 heteroatoms. The predicted molar refractivity (Wildman–Crippen MR) is 82.3 cm³/mol.